The first kappa shape index (κ1) is 12.2. The molecule has 0 fully saturated rings. The average Bonchev–Trinajstić information content (AvgIpc) is 2.15. The van der Waals surface area contributed by atoms with Gasteiger partial charge in [-0.2, -0.15) is 18.4 Å². The van der Waals surface area contributed by atoms with E-state index >= 15 is 0 Å². The highest BCUT2D eigenvalue weighted by Gasteiger charge is 2.36. The second kappa shape index (κ2) is 3.92. The minimum atomic E-state index is -4.97. The fourth-order valence-corrected chi connectivity index (χ4v) is 1.02. The number of aromatic nitrogens is 1. The number of halogens is 5. The van der Waals surface area contributed by atoms with Gasteiger partial charge in [0, 0.05) is 0 Å². The fourth-order valence-electron chi connectivity index (χ4n) is 1.02. The number of nitriles is 1. The van der Waals surface area contributed by atoms with Crippen LogP contribution in [0.3, 0.4) is 0 Å². The lowest BCUT2D eigenvalue weighted by Gasteiger charge is -2.09. The Balaban J connectivity index is 3.53. The predicted octanol–water partition coefficient (Wildman–Crippen LogP) is 2.20. The number of hydrogen-bond acceptors (Lipinski definition) is 2. The Morgan fingerprint density at radius 1 is 1.38 bits per heavy atom. The molecule has 0 saturated carbocycles. The minimum Gasteiger partial charge on any atom is -0.317 e. The average molecular weight is 238 g/mol. The molecule has 0 bridgehead atoms. The third-order valence-electron chi connectivity index (χ3n) is 1.71. The van der Waals surface area contributed by atoms with Gasteiger partial charge in [0.2, 0.25) is 0 Å². The van der Waals surface area contributed by atoms with Crippen LogP contribution in [-0.2, 0) is 6.18 Å². The van der Waals surface area contributed by atoms with Gasteiger partial charge in [0.05, 0.1) is 11.1 Å². The molecule has 16 heavy (non-hydrogen) atoms. The molecule has 0 atom stereocenters. The van der Waals surface area contributed by atoms with Gasteiger partial charge < -0.3 is 4.98 Å². The first-order chi connectivity index (χ1) is 7.27. The van der Waals surface area contributed by atoms with Crippen LogP contribution in [0.2, 0.25) is 0 Å². The van der Waals surface area contributed by atoms with Gasteiger partial charge in [0.25, 0.3) is 12.0 Å². The monoisotopic (exact) mass is 238 g/mol. The summed E-state index contributed by atoms with van der Waals surface area (Å²) in [6.07, 6.45) is -8.21. The molecule has 0 spiro atoms. The summed E-state index contributed by atoms with van der Waals surface area (Å²) in [7, 11) is 0. The van der Waals surface area contributed by atoms with Gasteiger partial charge in [-0.25, -0.2) is 8.78 Å². The maximum Gasteiger partial charge on any atom is 0.432 e. The Kier molecular flexibility index (Phi) is 2.98. The molecule has 1 rings (SSSR count). The number of aromatic amines is 1. The van der Waals surface area contributed by atoms with E-state index in [1.165, 1.54) is 4.98 Å². The molecular weight excluding hydrogens is 235 g/mol. The molecule has 0 aliphatic carbocycles. The van der Waals surface area contributed by atoms with E-state index in [0.29, 0.717) is 0 Å². The first-order valence-electron chi connectivity index (χ1n) is 3.80. The SMILES string of the molecule is N#Cc1cc(C(F)F)c(=O)[nH]c1C(F)(F)F. The molecule has 86 valence electrons. The van der Waals surface area contributed by atoms with Crippen LogP contribution in [-0.4, -0.2) is 4.98 Å². The molecule has 1 N–H and O–H groups in total. The fraction of sp³-hybridized carbons (Fsp3) is 0.250. The Hall–Kier alpha value is -1.91. The van der Waals surface area contributed by atoms with Crippen molar-refractivity contribution in [2.75, 3.05) is 0 Å². The summed E-state index contributed by atoms with van der Waals surface area (Å²) in [5.41, 5.74) is -5.38. The van der Waals surface area contributed by atoms with E-state index in [1.54, 1.807) is 0 Å². The Morgan fingerprint density at radius 2 is 1.94 bits per heavy atom. The summed E-state index contributed by atoms with van der Waals surface area (Å²) in [5.74, 6) is 0. The van der Waals surface area contributed by atoms with Crippen molar-refractivity contribution in [3.05, 3.63) is 33.2 Å². The molecular formula is C8H3F5N2O. The van der Waals surface area contributed by atoms with E-state index in [1.807, 2.05) is 0 Å². The van der Waals surface area contributed by atoms with Gasteiger partial charge in [0.1, 0.15) is 11.8 Å². The summed E-state index contributed by atoms with van der Waals surface area (Å²) >= 11 is 0. The van der Waals surface area contributed by atoms with E-state index < -0.39 is 35.0 Å². The zero-order valence-electron chi connectivity index (χ0n) is 7.40. The highest BCUT2D eigenvalue weighted by molar-refractivity contribution is 5.37. The molecule has 1 aromatic rings. The number of rotatable bonds is 1. The van der Waals surface area contributed by atoms with Crippen LogP contribution in [0.25, 0.3) is 0 Å². The second-order valence-electron chi connectivity index (χ2n) is 2.75. The third kappa shape index (κ3) is 2.18. The van der Waals surface area contributed by atoms with E-state index in [-0.39, 0.29) is 6.07 Å². The second-order valence-corrected chi connectivity index (χ2v) is 2.75. The van der Waals surface area contributed by atoms with Crippen molar-refractivity contribution in [2.24, 2.45) is 0 Å². The molecule has 8 heteroatoms. The smallest absolute Gasteiger partial charge is 0.317 e. The number of nitrogens with one attached hydrogen (secondary N) is 1. The maximum absolute atomic E-state index is 12.2. The van der Waals surface area contributed by atoms with E-state index in [2.05, 4.69) is 0 Å². The van der Waals surface area contributed by atoms with Gasteiger partial charge in [0.15, 0.2) is 0 Å². The molecule has 0 amide bonds. The van der Waals surface area contributed by atoms with Crippen LogP contribution < -0.4 is 5.56 Å². The molecule has 0 saturated heterocycles. The molecule has 3 nitrogen and oxygen atoms in total. The standard InChI is InChI=1S/C8H3F5N2O/c9-6(10)4-1-3(2-14)5(8(11,12)13)15-7(4)16/h1,6H,(H,15,16). The summed E-state index contributed by atoms with van der Waals surface area (Å²) in [4.78, 5) is 12.1. The lowest BCUT2D eigenvalue weighted by molar-refractivity contribution is -0.141. The van der Waals surface area contributed by atoms with Gasteiger partial charge in [-0.3, -0.25) is 4.79 Å². The summed E-state index contributed by atoms with van der Waals surface area (Å²) in [6.45, 7) is 0. The highest BCUT2D eigenvalue weighted by atomic mass is 19.4. The third-order valence-corrected chi connectivity index (χ3v) is 1.71. The van der Waals surface area contributed by atoms with Gasteiger partial charge in [-0.15, -0.1) is 0 Å². The van der Waals surface area contributed by atoms with Crippen molar-refractivity contribution < 1.29 is 22.0 Å². The molecule has 0 unspecified atom stereocenters. The Morgan fingerprint density at radius 3 is 2.31 bits per heavy atom. The van der Waals surface area contributed by atoms with Crippen LogP contribution in [0.4, 0.5) is 22.0 Å². The first-order valence-corrected chi connectivity index (χ1v) is 3.80. The predicted molar refractivity (Wildman–Crippen MR) is 41.7 cm³/mol. The van der Waals surface area contributed by atoms with E-state index in [4.69, 9.17) is 5.26 Å². The van der Waals surface area contributed by atoms with Crippen molar-refractivity contribution in [1.82, 2.24) is 4.98 Å². The van der Waals surface area contributed by atoms with Crippen LogP contribution in [0.5, 0.6) is 0 Å². The molecule has 1 aromatic heterocycles. The lowest BCUT2D eigenvalue weighted by atomic mass is 10.1. The number of nitrogens with zero attached hydrogens (tertiary/aromatic N) is 1. The molecule has 0 aromatic carbocycles. The normalized spacial score (nSPS) is 11.6. The van der Waals surface area contributed by atoms with Crippen molar-refractivity contribution in [1.29, 1.82) is 5.26 Å². The van der Waals surface area contributed by atoms with Crippen molar-refractivity contribution in [2.45, 2.75) is 12.6 Å². The summed E-state index contributed by atoms with van der Waals surface area (Å²) in [6, 6.07) is 1.34. The molecule has 0 aliphatic rings. The lowest BCUT2D eigenvalue weighted by Crippen LogP contribution is -2.21. The van der Waals surface area contributed by atoms with Crippen LogP contribution in [0, 0.1) is 11.3 Å². The Labute approximate surface area is 85.1 Å². The largest absolute Gasteiger partial charge is 0.432 e. The zero-order valence-corrected chi connectivity index (χ0v) is 7.40. The van der Waals surface area contributed by atoms with Gasteiger partial charge >= 0.3 is 6.18 Å². The summed E-state index contributed by atoms with van der Waals surface area (Å²) in [5, 5.41) is 8.36. The van der Waals surface area contributed by atoms with E-state index in [0.717, 1.165) is 6.07 Å². The van der Waals surface area contributed by atoms with Crippen LogP contribution in [0.1, 0.15) is 23.2 Å². The highest BCUT2D eigenvalue weighted by Crippen LogP contribution is 2.30. The maximum atomic E-state index is 12.2. The molecule has 0 radical (unpaired) electrons. The molecule has 0 aliphatic heterocycles. The topological polar surface area (TPSA) is 56.6 Å². The number of pyridine rings is 1. The number of H-pyrrole nitrogens is 1. The van der Waals surface area contributed by atoms with Crippen molar-refractivity contribution >= 4 is 0 Å². The van der Waals surface area contributed by atoms with Crippen LogP contribution in [0.15, 0.2) is 10.9 Å². The van der Waals surface area contributed by atoms with Gasteiger partial charge in [-0.1, -0.05) is 0 Å². The zero-order chi connectivity index (χ0) is 12.5. The van der Waals surface area contributed by atoms with Crippen LogP contribution >= 0.6 is 0 Å². The van der Waals surface area contributed by atoms with E-state index in [9.17, 15) is 26.7 Å². The van der Waals surface area contributed by atoms with Crippen molar-refractivity contribution in [3.8, 4) is 6.07 Å². The Bertz CT molecular complexity index is 497. The number of alkyl halides is 5. The quantitative estimate of drug-likeness (QED) is 0.762. The minimum absolute atomic E-state index is 0.242. The number of hydrogen-bond donors (Lipinski definition) is 1. The summed E-state index contributed by atoms with van der Waals surface area (Å²) < 4.78 is 61.0. The van der Waals surface area contributed by atoms with Gasteiger partial charge in [-0.05, 0) is 6.07 Å². The van der Waals surface area contributed by atoms with Crippen molar-refractivity contribution in [3.63, 3.8) is 0 Å². The molecule has 1 heterocycles.